The second-order valence-electron chi connectivity index (χ2n) is 8.36. The van der Waals surface area contributed by atoms with Crippen molar-refractivity contribution in [3.63, 3.8) is 0 Å². The van der Waals surface area contributed by atoms with E-state index in [0.717, 1.165) is 36.8 Å². The van der Waals surface area contributed by atoms with E-state index in [0.29, 0.717) is 17.5 Å². The number of hydrogen-bond acceptors (Lipinski definition) is 7. The molecule has 1 aromatic heterocycles. The molecule has 2 saturated carbocycles. The number of benzene rings is 1. The summed E-state index contributed by atoms with van der Waals surface area (Å²) in [6.45, 7) is 0. The average molecular weight is 452 g/mol. The van der Waals surface area contributed by atoms with Crippen molar-refractivity contribution < 1.29 is 14.3 Å². The first-order chi connectivity index (χ1) is 15.9. The number of carbonyl (C=O) groups excluding carboxylic acids is 2. The number of para-hydroxylation sites is 1. The van der Waals surface area contributed by atoms with Crippen LogP contribution in [-0.4, -0.2) is 28.7 Å². The number of ether oxygens (including phenoxy) is 1. The van der Waals surface area contributed by atoms with Gasteiger partial charge < -0.3 is 32.6 Å². The van der Waals surface area contributed by atoms with E-state index in [-0.39, 0.29) is 29.0 Å². The zero-order valence-corrected chi connectivity index (χ0v) is 18.5. The van der Waals surface area contributed by atoms with Crippen molar-refractivity contribution in [3.05, 3.63) is 53.9 Å². The molecular weight excluding hydrogens is 422 g/mol. The molecule has 10 heteroatoms. The largest absolute Gasteiger partial charge is 0.494 e. The molecule has 2 aromatic rings. The van der Waals surface area contributed by atoms with Crippen LogP contribution < -0.4 is 32.6 Å². The van der Waals surface area contributed by atoms with Gasteiger partial charge in [-0.05, 0) is 38.2 Å². The Balaban J connectivity index is 1.64. The third-order valence-electron chi connectivity index (χ3n) is 5.92. The van der Waals surface area contributed by atoms with Crippen molar-refractivity contribution in [1.29, 1.82) is 0 Å². The van der Waals surface area contributed by atoms with Gasteiger partial charge in [0.05, 0.1) is 30.7 Å². The van der Waals surface area contributed by atoms with Gasteiger partial charge in [0.15, 0.2) is 0 Å². The smallest absolute Gasteiger partial charge is 0.266 e. The number of rotatable bonds is 9. The topological polar surface area (TPSA) is 163 Å². The minimum absolute atomic E-state index is 0.0246. The Morgan fingerprint density at radius 3 is 2.55 bits per heavy atom. The molecule has 0 unspecified atom stereocenters. The standard InChI is InChI=1S/C23H29N7O3/c1-33-21-16(14-11-27-30(12-14)15-4-2-5-15)6-3-7-17(21)28-18(20(25)22(26)31)10-19(24)29-23(32)13-8-9-13/h3,6-7,10-13,15,28H,2,4-5,8-9,24-25H2,1H3,(H2,26,31)(H,29,32)/b19-10+,20-18+. The summed E-state index contributed by atoms with van der Waals surface area (Å²) >= 11 is 0. The highest BCUT2D eigenvalue weighted by Gasteiger charge is 2.29. The first kappa shape index (κ1) is 22.3. The van der Waals surface area contributed by atoms with Crippen LogP contribution in [0.5, 0.6) is 5.75 Å². The Morgan fingerprint density at radius 1 is 1.18 bits per heavy atom. The van der Waals surface area contributed by atoms with Gasteiger partial charge in [0, 0.05) is 29.3 Å². The number of primary amides is 1. The Kier molecular flexibility index (Phi) is 6.25. The van der Waals surface area contributed by atoms with Gasteiger partial charge in [-0.3, -0.25) is 14.3 Å². The maximum Gasteiger partial charge on any atom is 0.266 e. The van der Waals surface area contributed by atoms with Crippen LogP contribution in [0.4, 0.5) is 5.69 Å². The van der Waals surface area contributed by atoms with Crippen LogP contribution in [0, 0.1) is 5.92 Å². The Labute approximate surface area is 191 Å². The van der Waals surface area contributed by atoms with Gasteiger partial charge in [0.25, 0.3) is 5.91 Å². The molecular formula is C23H29N7O3. The molecule has 1 aromatic carbocycles. The quantitative estimate of drug-likeness (QED) is 0.286. The Morgan fingerprint density at radius 2 is 1.94 bits per heavy atom. The molecule has 0 radical (unpaired) electrons. The summed E-state index contributed by atoms with van der Waals surface area (Å²) in [5, 5.41) is 10.2. The van der Waals surface area contributed by atoms with Gasteiger partial charge in [-0.1, -0.05) is 12.1 Å². The molecule has 4 rings (SSSR count). The van der Waals surface area contributed by atoms with Crippen LogP contribution in [-0.2, 0) is 9.59 Å². The first-order valence-electron chi connectivity index (χ1n) is 10.9. The van der Waals surface area contributed by atoms with Crippen molar-refractivity contribution >= 4 is 17.5 Å². The third kappa shape index (κ3) is 4.94. The summed E-state index contributed by atoms with van der Waals surface area (Å²) in [5.74, 6) is -0.427. The number of aromatic nitrogens is 2. The molecule has 0 spiro atoms. The maximum atomic E-state index is 12.0. The first-order valence-corrected chi connectivity index (χ1v) is 10.9. The molecule has 2 aliphatic carbocycles. The van der Waals surface area contributed by atoms with Crippen molar-refractivity contribution in [2.24, 2.45) is 23.1 Å². The summed E-state index contributed by atoms with van der Waals surface area (Å²) in [6, 6.07) is 5.99. The second-order valence-corrected chi connectivity index (χ2v) is 8.36. The molecule has 0 bridgehead atoms. The van der Waals surface area contributed by atoms with E-state index in [2.05, 4.69) is 15.7 Å². The minimum atomic E-state index is -0.827. The molecule has 1 heterocycles. The van der Waals surface area contributed by atoms with Crippen LogP contribution in [0.25, 0.3) is 11.1 Å². The van der Waals surface area contributed by atoms with Gasteiger partial charge in [-0.2, -0.15) is 5.10 Å². The molecule has 0 atom stereocenters. The van der Waals surface area contributed by atoms with E-state index in [1.54, 1.807) is 19.4 Å². The van der Waals surface area contributed by atoms with Crippen molar-refractivity contribution in [1.82, 2.24) is 15.1 Å². The molecule has 0 saturated heterocycles. The summed E-state index contributed by atoms with van der Waals surface area (Å²) in [4.78, 5) is 23.8. The predicted octanol–water partition coefficient (Wildman–Crippen LogP) is 1.68. The lowest BCUT2D eigenvalue weighted by molar-refractivity contribution is -0.121. The Hall–Kier alpha value is -3.95. The lowest BCUT2D eigenvalue weighted by Crippen LogP contribution is -2.30. The van der Waals surface area contributed by atoms with Gasteiger partial charge in [0.1, 0.15) is 17.3 Å². The Bertz CT molecular complexity index is 1130. The number of methoxy groups -OCH3 is 1. The summed E-state index contributed by atoms with van der Waals surface area (Å²) in [7, 11) is 1.56. The fourth-order valence-electron chi connectivity index (χ4n) is 3.65. The van der Waals surface area contributed by atoms with Crippen LogP contribution in [0.2, 0.25) is 0 Å². The zero-order chi connectivity index (χ0) is 23.5. The molecule has 8 N–H and O–H groups in total. The van der Waals surface area contributed by atoms with E-state index in [4.69, 9.17) is 21.9 Å². The third-order valence-corrected chi connectivity index (χ3v) is 5.92. The molecule has 0 aliphatic heterocycles. The van der Waals surface area contributed by atoms with Crippen molar-refractivity contribution in [3.8, 4) is 16.9 Å². The fraction of sp³-hybridized carbons (Fsp3) is 0.348. The van der Waals surface area contributed by atoms with Crippen LogP contribution in [0.1, 0.15) is 38.1 Å². The highest BCUT2D eigenvalue weighted by atomic mass is 16.5. The molecule has 33 heavy (non-hydrogen) atoms. The van der Waals surface area contributed by atoms with Crippen LogP contribution >= 0.6 is 0 Å². The van der Waals surface area contributed by atoms with Gasteiger partial charge >= 0.3 is 0 Å². The number of amides is 2. The van der Waals surface area contributed by atoms with E-state index in [1.165, 1.54) is 12.5 Å². The zero-order valence-electron chi connectivity index (χ0n) is 18.5. The second kappa shape index (κ2) is 9.27. The van der Waals surface area contributed by atoms with E-state index in [9.17, 15) is 9.59 Å². The number of hydrogen-bond donors (Lipinski definition) is 5. The highest BCUT2D eigenvalue weighted by molar-refractivity contribution is 5.93. The fourth-order valence-corrected chi connectivity index (χ4v) is 3.65. The number of nitrogens with two attached hydrogens (primary N) is 3. The highest BCUT2D eigenvalue weighted by Crippen LogP contribution is 2.38. The van der Waals surface area contributed by atoms with Gasteiger partial charge in [-0.25, -0.2) is 0 Å². The van der Waals surface area contributed by atoms with Gasteiger partial charge in [0.2, 0.25) is 5.91 Å². The average Bonchev–Trinajstić information content (AvgIpc) is 3.50. The number of carbonyl (C=O) groups is 2. The monoisotopic (exact) mass is 451 g/mol. The molecule has 174 valence electrons. The number of allylic oxidation sites excluding steroid dienone is 1. The SMILES string of the molecule is COc1c(NC(/C=C(\N)NC(=O)C2CC2)=C(/N)C(N)=O)cccc1-c1cnn(C2CCC2)c1. The lowest BCUT2D eigenvalue weighted by Gasteiger charge is -2.25. The number of anilines is 1. The molecule has 10 nitrogen and oxygen atoms in total. The summed E-state index contributed by atoms with van der Waals surface area (Å²) in [5.41, 5.74) is 19.5. The normalized spacial score (nSPS) is 17.1. The predicted molar refractivity (Wildman–Crippen MR) is 124 cm³/mol. The van der Waals surface area contributed by atoms with Crippen molar-refractivity contribution in [2.75, 3.05) is 12.4 Å². The summed E-state index contributed by atoms with van der Waals surface area (Å²) in [6.07, 6.45) is 10.3. The minimum Gasteiger partial charge on any atom is -0.494 e. The number of nitrogens with zero attached hydrogens (tertiary/aromatic N) is 2. The maximum absolute atomic E-state index is 12.0. The molecule has 2 aliphatic rings. The van der Waals surface area contributed by atoms with E-state index < -0.39 is 5.91 Å². The summed E-state index contributed by atoms with van der Waals surface area (Å²) < 4.78 is 7.68. The number of nitrogens with one attached hydrogen (secondary N) is 2. The van der Waals surface area contributed by atoms with Crippen LogP contribution in [0.15, 0.2) is 53.9 Å². The van der Waals surface area contributed by atoms with E-state index >= 15 is 0 Å². The molecule has 2 fully saturated rings. The van der Waals surface area contributed by atoms with Crippen LogP contribution in [0.3, 0.4) is 0 Å². The lowest BCUT2D eigenvalue weighted by atomic mass is 9.93. The molecule has 2 amide bonds. The van der Waals surface area contributed by atoms with Gasteiger partial charge in [-0.15, -0.1) is 0 Å². The van der Waals surface area contributed by atoms with E-state index in [1.807, 2.05) is 23.0 Å². The van der Waals surface area contributed by atoms with Crippen molar-refractivity contribution in [2.45, 2.75) is 38.1 Å².